The first-order valence-corrected chi connectivity index (χ1v) is 8.13. The number of hydrogen-bond donors (Lipinski definition) is 1. The van der Waals surface area contributed by atoms with Gasteiger partial charge in [-0.3, -0.25) is 29.1 Å². The van der Waals surface area contributed by atoms with Gasteiger partial charge in [0.2, 0.25) is 11.8 Å². The molecule has 1 aromatic heterocycles. The summed E-state index contributed by atoms with van der Waals surface area (Å²) in [6, 6.07) is 7.74. The van der Waals surface area contributed by atoms with Crippen LogP contribution in [0, 0.1) is 24.0 Å². The molecule has 2 aromatic rings. The van der Waals surface area contributed by atoms with Gasteiger partial charge in [0.25, 0.3) is 11.2 Å². The van der Waals surface area contributed by atoms with Crippen molar-refractivity contribution < 1.29 is 14.5 Å². The summed E-state index contributed by atoms with van der Waals surface area (Å²) >= 11 is 0. The molecule has 0 unspecified atom stereocenters. The molecule has 1 N–H and O–H groups in total. The quantitative estimate of drug-likeness (QED) is 0.609. The first-order chi connectivity index (χ1) is 12.7. The molecule has 0 fully saturated rings. The molecule has 9 nitrogen and oxygen atoms in total. The predicted octanol–water partition coefficient (Wildman–Crippen LogP) is 1.47. The van der Waals surface area contributed by atoms with E-state index in [9.17, 15) is 24.5 Å². The van der Waals surface area contributed by atoms with Gasteiger partial charge in [0.1, 0.15) is 6.54 Å². The molecule has 0 bridgehead atoms. The first-order valence-electron chi connectivity index (χ1n) is 8.13. The van der Waals surface area contributed by atoms with Crippen molar-refractivity contribution in [3.05, 3.63) is 68.1 Å². The highest BCUT2D eigenvalue weighted by molar-refractivity contribution is 5.95. The zero-order chi connectivity index (χ0) is 20.1. The Hall–Kier alpha value is -3.49. The monoisotopic (exact) mass is 372 g/mol. The minimum Gasteiger partial charge on any atom is -0.335 e. The van der Waals surface area contributed by atoms with Gasteiger partial charge in [-0.05, 0) is 31.0 Å². The van der Waals surface area contributed by atoms with Crippen molar-refractivity contribution >= 4 is 23.2 Å². The zero-order valence-electron chi connectivity index (χ0n) is 15.3. The number of likely N-dealkylation sites (N-methyl/N-ethyl adjacent to an activating group) is 1. The van der Waals surface area contributed by atoms with E-state index in [1.165, 1.54) is 7.05 Å². The second-order valence-corrected chi connectivity index (χ2v) is 6.23. The van der Waals surface area contributed by atoms with E-state index in [2.05, 4.69) is 5.32 Å². The molecule has 2 rings (SSSR count). The third kappa shape index (κ3) is 5.24. The number of hydrogen-bond acceptors (Lipinski definition) is 5. The molecule has 142 valence electrons. The van der Waals surface area contributed by atoms with Crippen LogP contribution in [0.4, 0.5) is 11.4 Å². The lowest BCUT2D eigenvalue weighted by Crippen LogP contribution is -2.38. The fraction of sp³-hybridized carbons (Fsp3) is 0.278. The van der Waals surface area contributed by atoms with Crippen LogP contribution in [0.1, 0.15) is 11.1 Å². The number of carbonyl (C=O) groups is 2. The van der Waals surface area contributed by atoms with Gasteiger partial charge < -0.3 is 10.2 Å². The van der Waals surface area contributed by atoms with E-state index < -0.39 is 22.9 Å². The molecular weight excluding hydrogens is 352 g/mol. The van der Waals surface area contributed by atoms with Crippen LogP contribution in [-0.4, -0.2) is 39.8 Å². The number of nitrogens with one attached hydrogen (secondary N) is 1. The number of rotatable bonds is 6. The fourth-order valence-electron chi connectivity index (χ4n) is 2.38. The van der Waals surface area contributed by atoms with Gasteiger partial charge in [-0.2, -0.15) is 0 Å². The standard InChI is InChI=1S/C18H20N4O5/c1-12-4-5-13(2)15(8-12)19-16(23)10-20(3)18(25)11-21-9-14(22(26)27)6-7-17(21)24/h4-9H,10-11H2,1-3H3,(H,19,23). The second kappa shape index (κ2) is 8.26. The number of aromatic nitrogens is 1. The van der Waals surface area contributed by atoms with Crippen molar-refractivity contribution in [2.45, 2.75) is 20.4 Å². The molecule has 0 aliphatic heterocycles. The number of pyridine rings is 1. The Morgan fingerprint density at radius 1 is 1.22 bits per heavy atom. The van der Waals surface area contributed by atoms with E-state index in [1.807, 2.05) is 32.0 Å². The zero-order valence-corrected chi connectivity index (χ0v) is 15.3. The van der Waals surface area contributed by atoms with Crippen molar-refractivity contribution in [1.82, 2.24) is 9.47 Å². The SMILES string of the molecule is Cc1ccc(C)c(NC(=O)CN(C)C(=O)Cn2cc([N+](=O)[O-])ccc2=O)c1. The molecule has 0 atom stereocenters. The smallest absolute Gasteiger partial charge is 0.285 e. The Morgan fingerprint density at radius 2 is 1.93 bits per heavy atom. The van der Waals surface area contributed by atoms with Crippen LogP contribution >= 0.6 is 0 Å². The molecule has 27 heavy (non-hydrogen) atoms. The largest absolute Gasteiger partial charge is 0.335 e. The average molecular weight is 372 g/mol. The molecule has 1 heterocycles. The summed E-state index contributed by atoms with van der Waals surface area (Å²) in [6.45, 7) is 3.16. The average Bonchev–Trinajstić information content (AvgIpc) is 2.59. The fourth-order valence-corrected chi connectivity index (χ4v) is 2.38. The molecule has 0 saturated heterocycles. The number of anilines is 1. The molecule has 9 heteroatoms. The molecule has 0 saturated carbocycles. The van der Waals surface area contributed by atoms with E-state index in [0.29, 0.717) is 5.69 Å². The highest BCUT2D eigenvalue weighted by Crippen LogP contribution is 2.16. The Labute approximate surface area is 155 Å². The number of benzene rings is 1. The van der Waals surface area contributed by atoms with Crippen LogP contribution in [0.2, 0.25) is 0 Å². The Morgan fingerprint density at radius 3 is 2.59 bits per heavy atom. The minimum atomic E-state index is -0.651. The van der Waals surface area contributed by atoms with E-state index in [1.54, 1.807) is 0 Å². The maximum Gasteiger partial charge on any atom is 0.285 e. The van der Waals surface area contributed by atoms with Crippen LogP contribution < -0.4 is 10.9 Å². The summed E-state index contributed by atoms with van der Waals surface area (Å²) in [5, 5.41) is 13.5. The van der Waals surface area contributed by atoms with E-state index >= 15 is 0 Å². The van der Waals surface area contributed by atoms with Gasteiger partial charge in [-0.1, -0.05) is 12.1 Å². The third-order valence-electron chi connectivity index (χ3n) is 3.96. The number of nitro groups is 1. The van der Waals surface area contributed by atoms with E-state index in [-0.39, 0.29) is 18.1 Å². The predicted molar refractivity (Wildman–Crippen MR) is 99.5 cm³/mol. The van der Waals surface area contributed by atoms with Crippen molar-refractivity contribution in [3.63, 3.8) is 0 Å². The van der Waals surface area contributed by atoms with Gasteiger partial charge in [0.05, 0.1) is 17.7 Å². The summed E-state index contributed by atoms with van der Waals surface area (Å²) in [7, 11) is 1.42. The second-order valence-electron chi connectivity index (χ2n) is 6.23. The van der Waals surface area contributed by atoms with Crippen molar-refractivity contribution in [2.75, 3.05) is 18.9 Å². The topological polar surface area (TPSA) is 115 Å². The van der Waals surface area contributed by atoms with Crippen molar-refractivity contribution in [1.29, 1.82) is 0 Å². The summed E-state index contributed by atoms with van der Waals surface area (Å²) in [6.07, 6.45) is 1.00. The summed E-state index contributed by atoms with van der Waals surface area (Å²) in [5.41, 5.74) is 1.71. The molecule has 0 radical (unpaired) electrons. The number of nitrogens with zero attached hydrogens (tertiary/aromatic N) is 3. The lowest BCUT2D eigenvalue weighted by atomic mass is 10.1. The Balaban J connectivity index is 2.02. The molecule has 0 spiro atoms. The molecule has 0 aliphatic rings. The molecule has 1 aromatic carbocycles. The highest BCUT2D eigenvalue weighted by atomic mass is 16.6. The van der Waals surface area contributed by atoms with Gasteiger partial charge in [0.15, 0.2) is 0 Å². The molecular formula is C18H20N4O5. The van der Waals surface area contributed by atoms with Crippen LogP contribution in [0.25, 0.3) is 0 Å². The van der Waals surface area contributed by atoms with Crippen LogP contribution in [0.3, 0.4) is 0 Å². The Bertz CT molecular complexity index is 951. The normalized spacial score (nSPS) is 10.3. The number of amides is 2. The number of aryl methyl sites for hydroxylation is 2. The van der Waals surface area contributed by atoms with Gasteiger partial charge in [0, 0.05) is 24.9 Å². The van der Waals surface area contributed by atoms with Gasteiger partial charge in [-0.25, -0.2) is 0 Å². The third-order valence-corrected chi connectivity index (χ3v) is 3.96. The van der Waals surface area contributed by atoms with Crippen LogP contribution in [-0.2, 0) is 16.1 Å². The summed E-state index contributed by atoms with van der Waals surface area (Å²) in [5.74, 6) is -0.903. The summed E-state index contributed by atoms with van der Waals surface area (Å²) in [4.78, 5) is 47.5. The molecule has 0 aliphatic carbocycles. The van der Waals surface area contributed by atoms with Crippen molar-refractivity contribution in [2.24, 2.45) is 0 Å². The minimum absolute atomic E-state index is 0.212. The van der Waals surface area contributed by atoms with Gasteiger partial charge in [-0.15, -0.1) is 0 Å². The maximum absolute atomic E-state index is 12.3. The van der Waals surface area contributed by atoms with E-state index in [0.717, 1.165) is 38.9 Å². The number of carbonyl (C=O) groups excluding carboxylic acids is 2. The van der Waals surface area contributed by atoms with Gasteiger partial charge >= 0.3 is 0 Å². The lowest BCUT2D eigenvalue weighted by molar-refractivity contribution is -0.385. The van der Waals surface area contributed by atoms with Crippen LogP contribution in [0.5, 0.6) is 0 Å². The first kappa shape index (κ1) is 19.8. The van der Waals surface area contributed by atoms with Crippen LogP contribution in [0.15, 0.2) is 41.3 Å². The van der Waals surface area contributed by atoms with Crippen molar-refractivity contribution in [3.8, 4) is 0 Å². The van der Waals surface area contributed by atoms with E-state index in [4.69, 9.17) is 0 Å². The highest BCUT2D eigenvalue weighted by Gasteiger charge is 2.16. The lowest BCUT2D eigenvalue weighted by Gasteiger charge is -2.18. The molecule has 2 amide bonds. The summed E-state index contributed by atoms with van der Waals surface area (Å²) < 4.78 is 0.944. The maximum atomic E-state index is 12.3. The Kier molecular flexibility index (Phi) is 6.07.